The number of hydrogen-bond acceptors (Lipinski definition) is 3. The fraction of sp³-hybridized carbons (Fsp3) is 0.333. The predicted molar refractivity (Wildman–Crippen MR) is 82.2 cm³/mol. The van der Waals surface area contributed by atoms with Gasteiger partial charge in [0, 0.05) is 12.2 Å². The molecule has 0 aliphatic rings. The van der Waals surface area contributed by atoms with Crippen molar-refractivity contribution in [3.8, 4) is 5.75 Å². The van der Waals surface area contributed by atoms with E-state index in [-0.39, 0.29) is 5.69 Å². The van der Waals surface area contributed by atoms with Crippen molar-refractivity contribution in [2.75, 3.05) is 6.61 Å². The number of halogens is 1. The third-order valence-corrected chi connectivity index (χ3v) is 4.22. The third-order valence-electron chi connectivity index (χ3n) is 3.07. The first-order chi connectivity index (χ1) is 9.59. The van der Waals surface area contributed by atoms with Crippen LogP contribution in [0.15, 0.2) is 39.6 Å². The molecule has 0 unspecified atom stereocenters. The van der Waals surface area contributed by atoms with Gasteiger partial charge in [0.2, 0.25) is 0 Å². The molecule has 2 aromatic rings. The Balaban J connectivity index is 1.95. The van der Waals surface area contributed by atoms with Crippen LogP contribution < -0.4 is 10.4 Å². The second-order valence-corrected chi connectivity index (χ2v) is 5.34. The maximum atomic E-state index is 11.9. The highest BCUT2D eigenvalue weighted by atomic mass is 79.9. The summed E-state index contributed by atoms with van der Waals surface area (Å²) in [6.07, 6.45) is 0.757. The molecule has 1 heterocycles. The van der Waals surface area contributed by atoms with Gasteiger partial charge in [-0.05, 0) is 48.3 Å². The Morgan fingerprint density at radius 1 is 1.25 bits per heavy atom. The van der Waals surface area contributed by atoms with Crippen LogP contribution in [0, 0.1) is 13.8 Å². The van der Waals surface area contributed by atoms with Gasteiger partial charge in [0.1, 0.15) is 5.75 Å². The third kappa shape index (κ3) is 3.48. The number of benzene rings is 1. The molecule has 4 nitrogen and oxygen atoms in total. The summed E-state index contributed by atoms with van der Waals surface area (Å²) in [6, 6.07) is 9.66. The summed E-state index contributed by atoms with van der Waals surface area (Å²) in [5.41, 5.74) is 1.43. The zero-order valence-electron chi connectivity index (χ0n) is 11.6. The minimum atomic E-state index is -0.206. The van der Waals surface area contributed by atoms with Crippen molar-refractivity contribution in [1.82, 2.24) is 9.55 Å². The molecule has 1 aromatic carbocycles. The normalized spacial score (nSPS) is 10.6. The number of ether oxygens (including phenoxy) is 1. The van der Waals surface area contributed by atoms with E-state index in [0.717, 1.165) is 28.0 Å². The van der Waals surface area contributed by atoms with Gasteiger partial charge in [-0.2, -0.15) is 4.98 Å². The van der Waals surface area contributed by atoms with E-state index in [2.05, 4.69) is 20.9 Å². The molecular weight excluding hydrogens is 320 g/mol. The SMILES string of the molecule is Cc1nc(=O)n(CCCOc2ccccc2)c(C)c1Br. The zero-order valence-corrected chi connectivity index (χ0v) is 13.2. The van der Waals surface area contributed by atoms with Crippen molar-refractivity contribution in [2.45, 2.75) is 26.8 Å². The maximum Gasteiger partial charge on any atom is 0.348 e. The molecule has 0 amide bonds. The van der Waals surface area contributed by atoms with E-state index < -0.39 is 0 Å². The van der Waals surface area contributed by atoms with Crippen molar-refractivity contribution in [3.05, 3.63) is 56.7 Å². The first kappa shape index (κ1) is 14.8. The minimum absolute atomic E-state index is 0.206. The molecule has 0 N–H and O–H groups in total. The maximum absolute atomic E-state index is 11.9. The Morgan fingerprint density at radius 3 is 2.65 bits per heavy atom. The van der Waals surface area contributed by atoms with Gasteiger partial charge in [-0.25, -0.2) is 4.79 Å². The van der Waals surface area contributed by atoms with Gasteiger partial charge >= 0.3 is 5.69 Å². The molecule has 0 saturated carbocycles. The zero-order chi connectivity index (χ0) is 14.5. The summed E-state index contributed by atoms with van der Waals surface area (Å²) in [5.74, 6) is 0.847. The van der Waals surface area contributed by atoms with Crippen LogP contribution in [0.25, 0.3) is 0 Å². The average Bonchev–Trinajstić information content (AvgIpc) is 2.45. The smallest absolute Gasteiger partial charge is 0.348 e. The van der Waals surface area contributed by atoms with Gasteiger partial charge in [-0.15, -0.1) is 0 Å². The Labute approximate surface area is 126 Å². The van der Waals surface area contributed by atoms with Crippen LogP contribution in [0.4, 0.5) is 0 Å². The van der Waals surface area contributed by atoms with E-state index in [1.54, 1.807) is 4.57 Å². The monoisotopic (exact) mass is 336 g/mol. The van der Waals surface area contributed by atoms with Crippen LogP contribution in [0.1, 0.15) is 17.8 Å². The molecule has 0 bridgehead atoms. The molecule has 20 heavy (non-hydrogen) atoms. The first-order valence-electron chi connectivity index (χ1n) is 6.51. The van der Waals surface area contributed by atoms with Gasteiger partial charge in [0.25, 0.3) is 0 Å². The first-order valence-corrected chi connectivity index (χ1v) is 7.30. The molecular formula is C15H17BrN2O2. The molecule has 0 fully saturated rings. The Hall–Kier alpha value is -1.62. The number of nitrogens with zero attached hydrogens (tertiary/aromatic N) is 2. The summed E-state index contributed by atoms with van der Waals surface area (Å²) in [4.78, 5) is 15.9. The summed E-state index contributed by atoms with van der Waals surface area (Å²) in [5, 5.41) is 0. The van der Waals surface area contributed by atoms with Gasteiger partial charge < -0.3 is 4.74 Å². The lowest BCUT2D eigenvalue weighted by Gasteiger charge is -2.12. The van der Waals surface area contributed by atoms with Gasteiger partial charge in [-0.1, -0.05) is 18.2 Å². The fourth-order valence-electron chi connectivity index (χ4n) is 1.97. The lowest BCUT2D eigenvalue weighted by molar-refractivity contribution is 0.300. The van der Waals surface area contributed by atoms with Crippen molar-refractivity contribution >= 4 is 15.9 Å². The van der Waals surface area contributed by atoms with E-state index in [1.807, 2.05) is 44.2 Å². The van der Waals surface area contributed by atoms with Crippen LogP contribution in [-0.4, -0.2) is 16.2 Å². The number of hydrogen-bond donors (Lipinski definition) is 0. The quantitative estimate of drug-likeness (QED) is 0.788. The van der Waals surface area contributed by atoms with E-state index >= 15 is 0 Å². The largest absolute Gasteiger partial charge is 0.494 e. The molecule has 0 atom stereocenters. The standard InChI is InChI=1S/C15H17BrN2O2/c1-11-14(16)12(2)18(15(19)17-11)9-6-10-20-13-7-4-3-5-8-13/h3-5,7-8H,6,9-10H2,1-2H3. The second kappa shape index (κ2) is 6.70. The van der Waals surface area contributed by atoms with Crippen LogP contribution in [0.2, 0.25) is 0 Å². The molecule has 5 heteroatoms. The van der Waals surface area contributed by atoms with Gasteiger partial charge in [0.05, 0.1) is 16.8 Å². The van der Waals surface area contributed by atoms with E-state index in [0.29, 0.717) is 13.2 Å². The lowest BCUT2D eigenvalue weighted by Crippen LogP contribution is -2.27. The highest BCUT2D eigenvalue weighted by Crippen LogP contribution is 2.16. The van der Waals surface area contributed by atoms with Crippen molar-refractivity contribution < 1.29 is 4.74 Å². The molecule has 0 saturated heterocycles. The van der Waals surface area contributed by atoms with E-state index in [9.17, 15) is 4.79 Å². The summed E-state index contributed by atoms with van der Waals surface area (Å²) >= 11 is 3.46. The Morgan fingerprint density at radius 2 is 1.95 bits per heavy atom. The number of para-hydroxylation sites is 1. The summed E-state index contributed by atoms with van der Waals surface area (Å²) in [6.45, 7) is 4.91. The van der Waals surface area contributed by atoms with Crippen LogP contribution >= 0.6 is 15.9 Å². The molecule has 0 aliphatic heterocycles. The fourth-order valence-corrected chi connectivity index (χ4v) is 2.27. The Kier molecular flexibility index (Phi) is 4.95. The molecule has 1 aromatic heterocycles. The van der Waals surface area contributed by atoms with Crippen LogP contribution in [-0.2, 0) is 6.54 Å². The molecule has 2 rings (SSSR count). The molecule has 0 aliphatic carbocycles. The summed E-state index contributed by atoms with van der Waals surface area (Å²) < 4.78 is 8.18. The predicted octanol–water partition coefficient (Wildman–Crippen LogP) is 3.09. The number of rotatable bonds is 5. The summed E-state index contributed by atoms with van der Waals surface area (Å²) in [7, 11) is 0. The van der Waals surface area contributed by atoms with Crippen molar-refractivity contribution in [3.63, 3.8) is 0 Å². The topological polar surface area (TPSA) is 44.1 Å². The Bertz CT molecular complexity index is 638. The highest BCUT2D eigenvalue weighted by Gasteiger charge is 2.08. The molecule has 0 spiro atoms. The average molecular weight is 337 g/mol. The van der Waals surface area contributed by atoms with Crippen LogP contribution in [0.3, 0.4) is 0 Å². The number of aromatic nitrogens is 2. The second-order valence-electron chi connectivity index (χ2n) is 4.55. The van der Waals surface area contributed by atoms with Gasteiger partial charge in [-0.3, -0.25) is 4.57 Å². The molecule has 106 valence electrons. The van der Waals surface area contributed by atoms with E-state index in [1.165, 1.54) is 0 Å². The van der Waals surface area contributed by atoms with E-state index in [4.69, 9.17) is 4.74 Å². The molecule has 0 radical (unpaired) electrons. The minimum Gasteiger partial charge on any atom is -0.494 e. The van der Waals surface area contributed by atoms with Crippen molar-refractivity contribution in [2.24, 2.45) is 0 Å². The van der Waals surface area contributed by atoms with Crippen molar-refractivity contribution in [1.29, 1.82) is 0 Å². The van der Waals surface area contributed by atoms with Crippen LogP contribution in [0.5, 0.6) is 5.75 Å². The number of aryl methyl sites for hydroxylation is 1. The lowest BCUT2D eigenvalue weighted by atomic mass is 10.3. The highest BCUT2D eigenvalue weighted by molar-refractivity contribution is 9.10. The van der Waals surface area contributed by atoms with Gasteiger partial charge in [0.15, 0.2) is 0 Å².